The second-order valence-electron chi connectivity index (χ2n) is 4.76. The van der Waals surface area contributed by atoms with Crippen LogP contribution in [0.25, 0.3) is 22.3 Å². The van der Waals surface area contributed by atoms with Gasteiger partial charge in [-0.25, -0.2) is 9.97 Å². The number of aromatic nitrogens is 3. The van der Waals surface area contributed by atoms with E-state index in [4.69, 9.17) is 11.6 Å². The summed E-state index contributed by atoms with van der Waals surface area (Å²) < 4.78 is 1.87. The molecule has 0 saturated heterocycles. The average molecular weight is 303 g/mol. The highest BCUT2D eigenvalue weighted by molar-refractivity contribution is 6.28. The zero-order valence-electron chi connectivity index (χ0n) is 11.4. The molecule has 0 fully saturated rings. The SMILES string of the molecule is Cc1cnc(Cl)nc1-c1cc2ccc([N+](=O)[O-])cc2n1C. The molecule has 0 bridgehead atoms. The Hall–Kier alpha value is -2.47. The van der Waals surface area contributed by atoms with Crippen LogP contribution in [0.4, 0.5) is 5.69 Å². The summed E-state index contributed by atoms with van der Waals surface area (Å²) in [4.78, 5) is 18.7. The van der Waals surface area contributed by atoms with Crippen molar-refractivity contribution in [2.75, 3.05) is 0 Å². The van der Waals surface area contributed by atoms with Crippen LogP contribution in [0, 0.1) is 17.0 Å². The van der Waals surface area contributed by atoms with E-state index in [9.17, 15) is 10.1 Å². The van der Waals surface area contributed by atoms with Crippen LogP contribution in [0.3, 0.4) is 0 Å². The molecule has 3 aromatic rings. The van der Waals surface area contributed by atoms with Crippen molar-refractivity contribution in [3.8, 4) is 11.4 Å². The summed E-state index contributed by atoms with van der Waals surface area (Å²) in [6.45, 7) is 1.89. The van der Waals surface area contributed by atoms with E-state index in [-0.39, 0.29) is 11.0 Å². The Labute approximate surface area is 125 Å². The number of rotatable bonds is 2. The van der Waals surface area contributed by atoms with Crippen molar-refractivity contribution in [2.24, 2.45) is 7.05 Å². The minimum Gasteiger partial charge on any atom is -0.342 e. The van der Waals surface area contributed by atoms with Crippen molar-refractivity contribution in [3.05, 3.63) is 51.4 Å². The maximum absolute atomic E-state index is 10.9. The first-order valence-electron chi connectivity index (χ1n) is 6.21. The molecule has 21 heavy (non-hydrogen) atoms. The van der Waals surface area contributed by atoms with Crippen molar-refractivity contribution in [1.29, 1.82) is 0 Å². The highest BCUT2D eigenvalue weighted by Gasteiger charge is 2.15. The highest BCUT2D eigenvalue weighted by Crippen LogP contribution is 2.30. The van der Waals surface area contributed by atoms with Gasteiger partial charge in [-0.3, -0.25) is 10.1 Å². The third kappa shape index (κ3) is 2.23. The van der Waals surface area contributed by atoms with Gasteiger partial charge >= 0.3 is 0 Å². The molecule has 2 heterocycles. The number of benzene rings is 1. The Morgan fingerprint density at radius 3 is 2.81 bits per heavy atom. The molecule has 1 aromatic carbocycles. The first-order chi connectivity index (χ1) is 9.97. The van der Waals surface area contributed by atoms with Gasteiger partial charge in [-0.1, -0.05) is 0 Å². The van der Waals surface area contributed by atoms with E-state index in [0.29, 0.717) is 0 Å². The smallest absolute Gasteiger partial charge is 0.271 e. The van der Waals surface area contributed by atoms with Gasteiger partial charge in [0, 0.05) is 30.8 Å². The van der Waals surface area contributed by atoms with Crippen LogP contribution in [0.5, 0.6) is 0 Å². The van der Waals surface area contributed by atoms with Crippen molar-refractivity contribution in [3.63, 3.8) is 0 Å². The van der Waals surface area contributed by atoms with Gasteiger partial charge in [0.05, 0.1) is 21.8 Å². The highest BCUT2D eigenvalue weighted by atomic mass is 35.5. The van der Waals surface area contributed by atoms with Crippen LogP contribution in [0.1, 0.15) is 5.56 Å². The molecule has 0 amide bonds. The minimum absolute atomic E-state index is 0.0627. The number of nitro benzene ring substituents is 1. The summed E-state index contributed by atoms with van der Waals surface area (Å²) in [5, 5.41) is 12.0. The number of fused-ring (bicyclic) bond motifs is 1. The lowest BCUT2D eigenvalue weighted by Crippen LogP contribution is -1.97. The number of non-ortho nitro benzene ring substituents is 1. The van der Waals surface area contributed by atoms with Crippen LogP contribution in [0.15, 0.2) is 30.5 Å². The normalized spacial score (nSPS) is 11.0. The van der Waals surface area contributed by atoms with Gasteiger partial charge in [-0.2, -0.15) is 0 Å². The summed E-state index contributed by atoms with van der Waals surface area (Å²) in [5.41, 5.74) is 3.28. The summed E-state index contributed by atoms with van der Waals surface area (Å²) >= 11 is 5.86. The van der Waals surface area contributed by atoms with Crippen molar-refractivity contribution < 1.29 is 4.92 Å². The maximum Gasteiger partial charge on any atom is 0.271 e. The predicted octanol–water partition coefficient (Wildman–Crippen LogP) is 3.51. The Kier molecular flexibility index (Phi) is 3.10. The zero-order valence-corrected chi connectivity index (χ0v) is 12.1. The van der Waals surface area contributed by atoms with Crippen LogP contribution in [0.2, 0.25) is 5.28 Å². The van der Waals surface area contributed by atoms with Crippen LogP contribution < -0.4 is 0 Å². The van der Waals surface area contributed by atoms with E-state index in [0.717, 1.165) is 27.9 Å². The second kappa shape index (κ2) is 4.82. The summed E-state index contributed by atoms with van der Waals surface area (Å²) in [6, 6.07) is 6.71. The third-order valence-corrected chi connectivity index (χ3v) is 3.61. The Morgan fingerprint density at radius 1 is 1.33 bits per heavy atom. The summed E-state index contributed by atoms with van der Waals surface area (Å²) in [7, 11) is 1.84. The fourth-order valence-corrected chi connectivity index (χ4v) is 2.47. The van der Waals surface area contributed by atoms with Gasteiger partial charge in [0.15, 0.2) is 0 Å². The van der Waals surface area contributed by atoms with Gasteiger partial charge in [-0.15, -0.1) is 0 Å². The monoisotopic (exact) mass is 302 g/mol. The number of nitro groups is 1. The second-order valence-corrected chi connectivity index (χ2v) is 5.10. The molecule has 0 unspecified atom stereocenters. The molecule has 0 saturated carbocycles. The molecule has 0 radical (unpaired) electrons. The fraction of sp³-hybridized carbons (Fsp3) is 0.143. The standard InChI is InChI=1S/C14H11ClN4O2/c1-8-7-16-14(15)17-13(8)12-5-9-3-4-10(19(20)21)6-11(9)18(12)2/h3-7H,1-2H3. The molecule has 0 aliphatic rings. The third-order valence-electron chi connectivity index (χ3n) is 3.42. The average Bonchev–Trinajstić information content (AvgIpc) is 2.78. The molecule has 3 rings (SSSR count). The molecule has 0 N–H and O–H groups in total. The van der Waals surface area contributed by atoms with Gasteiger partial charge in [0.1, 0.15) is 0 Å². The lowest BCUT2D eigenvalue weighted by molar-refractivity contribution is -0.384. The molecule has 106 valence electrons. The number of aryl methyl sites for hydroxylation is 2. The van der Waals surface area contributed by atoms with E-state index in [2.05, 4.69) is 9.97 Å². The quantitative estimate of drug-likeness (QED) is 0.412. The van der Waals surface area contributed by atoms with Crippen LogP contribution in [-0.2, 0) is 7.05 Å². The van der Waals surface area contributed by atoms with Crippen molar-refractivity contribution >= 4 is 28.2 Å². The Bertz CT molecular complexity index is 873. The lowest BCUT2D eigenvalue weighted by atomic mass is 10.2. The van der Waals surface area contributed by atoms with Gasteiger partial charge < -0.3 is 4.57 Å². The van der Waals surface area contributed by atoms with E-state index in [1.165, 1.54) is 6.07 Å². The van der Waals surface area contributed by atoms with Crippen LogP contribution >= 0.6 is 11.6 Å². The van der Waals surface area contributed by atoms with Crippen LogP contribution in [-0.4, -0.2) is 19.5 Å². The molecule has 0 aliphatic carbocycles. The molecule has 0 atom stereocenters. The van der Waals surface area contributed by atoms with E-state index < -0.39 is 4.92 Å². The number of hydrogen-bond donors (Lipinski definition) is 0. The van der Waals surface area contributed by atoms with Gasteiger partial charge in [0.25, 0.3) is 5.69 Å². The topological polar surface area (TPSA) is 73.8 Å². The summed E-state index contributed by atoms with van der Waals surface area (Å²) in [5.74, 6) is 0. The van der Waals surface area contributed by atoms with Crippen molar-refractivity contribution in [2.45, 2.75) is 6.92 Å². The number of hydrogen-bond acceptors (Lipinski definition) is 4. The molecular formula is C14H11ClN4O2. The molecule has 6 nitrogen and oxygen atoms in total. The molecular weight excluding hydrogens is 292 g/mol. The maximum atomic E-state index is 10.9. The van der Waals surface area contributed by atoms with E-state index >= 15 is 0 Å². The molecule has 0 aliphatic heterocycles. The largest absolute Gasteiger partial charge is 0.342 e. The first kappa shape index (κ1) is 13.5. The Morgan fingerprint density at radius 2 is 2.10 bits per heavy atom. The fourth-order valence-electron chi connectivity index (χ4n) is 2.34. The lowest BCUT2D eigenvalue weighted by Gasteiger charge is -2.06. The zero-order chi connectivity index (χ0) is 15.1. The molecule has 2 aromatic heterocycles. The Balaban J connectivity index is 2.27. The van der Waals surface area contributed by atoms with E-state index in [1.807, 2.05) is 24.6 Å². The van der Waals surface area contributed by atoms with Gasteiger partial charge in [-0.05, 0) is 36.2 Å². The van der Waals surface area contributed by atoms with E-state index in [1.54, 1.807) is 18.3 Å². The summed E-state index contributed by atoms with van der Waals surface area (Å²) in [6.07, 6.45) is 1.66. The minimum atomic E-state index is -0.404. The first-order valence-corrected chi connectivity index (χ1v) is 6.58. The molecule has 7 heteroatoms. The molecule has 0 spiro atoms. The number of halogens is 1. The predicted molar refractivity (Wildman–Crippen MR) is 80.3 cm³/mol. The number of nitrogens with zero attached hydrogens (tertiary/aromatic N) is 4. The van der Waals surface area contributed by atoms with Crippen molar-refractivity contribution in [1.82, 2.24) is 14.5 Å². The van der Waals surface area contributed by atoms with Gasteiger partial charge in [0.2, 0.25) is 5.28 Å².